The Labute approximate surface area is 175 Å². The molecule has 0 aliphatic rings. The van der Waals surface area contributed by atoms with Crippen LogP contribution in [0, 0.1) is 0 Å². The van der Waals surface area contributed by atoms with Crippen LogP contribution in [0.25, 0.3) is 0 Å². The van der Waals surface area contributed by atoms with Crippen LogP contribution in [0.5, 0.6) is 5.75 Å². The van der Waals surface area contributed by atoms with E-state index >= 15 is 0 Å². The highest BCUT2D eigenvalue weighted by atomic mass is 32.1. The number of nitrogens with zero attached hydrogens (tertiary/aromatic N) is 1. The van der Waals surface area contributed by atoms with E-state index < -0.39 is 23.5 Å². The molecule has 1 aromatic carbocycles. The molecule has 0 saturated carbocycles. The average Bonchev–Trinajstić information content (AvgIpc) is 3.06. The fourth-order valence-electron chi connectivity index (χ4n) is 2.37. The Morgan fingerprint density at radius 1 is 1.03 bits per heavy atom. The molecule has 1 amide bonds. The Hall–Kier alpha value is -2.61. The number of aromatic nitrogens is 1. The highest BCUT2D eigenvalue weighted by molar-refractivity contribution is 7.07. The van der Waals surface area contributed by atoms with Crippen molar-refractivity contribution in [3.63, 3.8) is 0 Å². The first kappa shape index (κ1) is 22.7. The second-order valence-electron chi connectivity index (χ2n) is 8.53. The van der Waals surface area contributed by atoms with Crippen molar-refractivity contribution in [1.82, 2.24) is 10.3 Å². The zero-order chi connectivity index (χ0) is 21.7. The minimum absolute atomic E-state index is 0.339. The van der Waals surface area contributed by atoms with Crippen LogP contribution in [0.1, 0.15) is 58.8 Å². The molecular weight excluding hydrogens is 392 g/mol. The average molecular weight is 421 g/mol. The van der Waals surface area contributed by atoms with Gasteiger partial charge in [-0.25, -0.2) is 14.6 Å². The van der Waals surface area contributed by atoms with Crippen molar-refractivity contribution in [1.29, 1.82) is 0 Å². The molecule has 8 heteroatoms. The van der Waals surface area contributed by atoms with Crippen molar-refractivity contribution in [3.8, 4) is 5.75 Å². The molecule has 29 heavy (non-hydrogen) atoms. The maximum atomic E-state index is 12.2. The summed E-state index contributed by atoms with van der Waals surface area (Å²) in [4.78, 5) is 28.3. The molecule has 0 aliphatic heterocycles. The number of alkyl carbamates (subject to hydrolysis) is 1. The summed E-state index contributed by atoms with van der Waals surface area (Å²) < 4.78 is 15.7. The van der Waals surface area contributed by atoms with Gasteiger partial charge in [0.1, 0.15) is 17.0 Å². The zero-order valence-electron chi connectivity index (χ0n) is 17.6. The Morgan fingerprint density at radius 3 is 2.17 bits per heavy atom. The molecule has 0 aliphatic carbocycles. The van der Waals surface area contributed by atoms with E-state index in [9.17, 15) is 9.59 Å². The number of thiazole rings is 1. The summed E-state index contributed by atoms with van der Waals surface area (Å²) in [5, 5.41) is 4.77. The minimum Gasteiger partial charge on any atom is -0.444 e. The molecule has 158 valence electrons. The molecular formula is C21H28N2O5S. The predicted molar refractivity (Wildman–Crippen MR) is 111 cm³/mol. The molecule has 0 bridgehead atoms. The summed E-state index contributed by atoms with van der Waals surface area (Å²) in [6.45, 7) is 10.8. The van der Waals surface area contributed by atoms with Crippen molar-refractivity contribution >= 4 is 23.6 Å². The fraction of sp³-hybridized carbons (Fsp3) is 0.476. The van der Waals surface area contributed by atoms with Crippen LogP contribution in [0.3, 0.4) is 0 Å². The highest BCUT2D eigenvalue weighted by Gasteiger charge is 2.22. The van der Waals surface area contributed by atoms with Gasteiger partial charge in [-0.3, -0.25) is 0 Å². The molecule has 1 aromatic heterocycles. The maximum Gasteiger partial charge on any atom is 0.514 e. The Bertz CT molecular complexity index is 805. The van der Waals surface area contributed by atoms with Crippen LogP contribution in [0.15, 0.2) is 35.2 Å². The van der Waals surface area contributed by atoms with Gasteiger partial charge in [0.15, 0.2) is 0 Å². The minimum atomic E-state index is -0.753. The third kappa shape index (κ3) is 8.51. The molecule has 0 fully saturated rings. The molecule has 0 saturated heterocycles. The Morgan fingerprint density at radius 2 is 1.66 bits per heavy atom. The van der Waals surface area contributed by atoms with Crippen LogP contribution in [0.2, 0.25) is 0 Å². The topological polar surface area (TPSA) is 86.8 Å². The van der Waals surface area contributed by atoms with Crippen molar-refractivity contribution in [2.24, 2.45) is 0 Å². The van der Waals surface area contributed by atoms with Crippen molar-refractivity contribution < 1.29 is 23.8 Å². The van der Waals surface area contributed by atoms with Crippen molar-refractivity contribution in [2.45, 2.75) is 65.2 Å². The van der Waals surface area contributed by atoms with Crippen molar-refractivity contribution in [2.75, 3.05) is 0 Å². The van der Waals surface area contributed by atoms with E-state index in [2.05, 4.69) is 10.3 Å². The van der Waals surface area contributed by atoms with Gasteiger partial charge in [0.2, 0.25) is 0 Å². The van der Waals surface area contributed by atoms with E-state index in [0.717, 1.165) is 11.3 Å². The quantitative estimate of drug-likeness (QED) is 0.524. The first-order valence-electron chi connectivity index (χ1n) is 9.29. The van der Waals surface area contributed by atoms with Crippen molar-refractivity contribution in [3.05, 3.63) is 46.4 Å². The van der Waals surface area contributed by atoms with Crippen LogP contribution in [-0.2, 0) is 15.9 Å². The van der Waals surface area contributed by atoms with E-state index in [-0.39, 0.29) is 6.04 Å². The lowest BCUT2D eigenvalue weighted by Crippen LogP contribution is -2.35. The predicted octanol–water partition coefficient (Wildman–Crippen LogP) is 5.27. The molecule has 0 radical (unpaired) electrons. The van der Waals surface area contributed by atoms with E-state index in [1.54, 1.807) is 38.4 Å². The number of hydrogen-bond acceptors (Lipinski definition) is 7. The van der Waals surface area contributed by atoms with Gasteiger partial charge in [-0.2, -0.15) is 0 Å². The van der Waals surface area contributed by atoms with Gasteiger partial charge in [0.25, 0.3) is 0 Å². The van der Waals surface area contributed by atoms with E-state index in [0.29, 0.717) is 12.2 Å². The maximum absolute atomic E-state index is 12.2. The fourth-order valence-corrected chi connectivity index (χ4v) is 2.98. The normalized spacial score (nSPS) is 12.8. The summed E-state index contributed by atoms with van der Waals surface area (Å²) in [6.07, 6.45) is -0.743. The van der Waals surface area contributed by atoms with E-state index in [1.807, 2.05) is 38.3 Å². The number of carbonyl (C=O) groups is 2. The largest absolute Gasteiger partial charge is 0.514 e. The first-order chi connectivity index (χ1) is 13.4. The van der Waals surface area contributed by atoms with E-state index in [1.165, 1.54) is 11.3 Å². The molecule has 2 rings (SSSR count). The van der Waals surface area contributed by atoms with Crippen LogP contribution in [-0.4, -0.2) is 28.4 Å². The molecule has 2 aromatic rings. The van der Waals surface area contributed by atoms with E-state index in [4.69, 9.17) is 14.2 Å². The van der Waals surface area contributed by atoms with Gasteiger partial charge in [-0.05, 0) is 65.7 Å². The lowest BCUT2D eigenvalue weighted by molar-refractivity contribution is 0.0205. The van der Waals surface area contributed by atoms with Gasteiger partial charge in [0, 0.05) is 5.38 Å². The van der Waals surface area contributed by atoms with Crippen LogP contribution < -0.4 is 10.1 Å². The molecule has 7 nitrogen and oxygen atoms in total. The van der Waals surface area contributed by atoms with Crippen LogP contribution in [0.4, 0.5) is 9.59 Å². The smallest absolute Gasteiger partial charge is 0.444 e. The molecule has 1 unspecified atom stereocenters. The Kier molecular flexibility index (Phi) is 7.24. The summed E-state index contributed by atoms with van der Waals surface area (Å²) in [7, 11) is 0. The molecule has 1 heterocycles. The summed E-state index contributed by atoms with van der Waals surface area (Å²) in [5.41, 5.74) is 2.21. The number of amides is 1. The SMILES string of the molecule is CC(C)(C)OC(=O)NC(Cc1ccc(OC(=O)OC(C)(C)C)cc1)c1cscn1. The van der Waals surface area contributed by atoms with Gasteiger partial charge in [-0.1, -0.05) is 12.1 Å². The lowest BCUT2D eigenvalue weighted by Gasteiger charge is -2.23. The summed E-state index contributed by atoms with van der Waals surface area (Å²) in [6, 6.07) is 6.69. The molecule has 0 spiro atoms. The van der Waals surface area contributed by atoms with Gasteiger partial charge >= 0.3 is 12.2 Å². The number of nitrogens with one attached hydrogen (secondary N) is 1. The molecule has 1 atom stereocenters. The second kappa shape index (κ2) is 9.26. The third-order valence-electron chi connectivity index (χ3n) is 3.45. The number of hydrogen-bond donors (Lipinski definition) is 1. The number of rotatable bonds is 5. The van der Waals surface area contributed by atoms with Gasteiger partial charge < -0.3 is 19.5 Å². The number of carbonyl (C=O) groups excluding carboxylic acids is 2. The standard InChI is InChI=1S/C21H28N2O5S/c1-20(2,3)27-18(24)23-16(17-12-29-13-22-17)11-14-7-9-15(10-8-14)26-19(25)28-21(4,5)6/h7-10,12-13,16H,11H2,1-6H3,(H,23,24). The summed E-state index contributed by atoms with van der Waals surface area (Å²) in [5.74, 6) is 0.383. The summed E-state index contributed by atoms with van der Waals surface area (Å²) >= 11 is 1.46. The van der Waals surface area contributed by atoms with Gasteiger partial charge in [0.05, 0.1) is 17.2 Å². The third-order valence-corrected chi connectivity index (χ3v) is 4.06. The number of benzene rings is 1. The molecule has 1 N–H and O–H groups in total. The Balaban J connectivity index is 2.03. The monoisotopic (exact) mass is 420 g/mol. The second-order valence-corrected chi connectivity index (χ2v) is 9.25. The highest BCUT2D eigenvalue weighted by Crippen LogP contribution is 2.22. The zero-order valence-corrected chi connectivity index (χ0v) is 18.5. The van der Waals surface area contributed by atoms with Crippen LogP contribution >= 0.6 is 11.3 Å². The number of ether oxygens (including phenoxy) is 3. The first-order valence-corrected chi connectivity index (χ1v) is 10.2. The van der Waals surface area contributed by atoms with Gasteiger partial charge in [-0.15, -0.1) is 11.3 Å². The lowest BCUT2D eigenvalue weighted by atomic mass is 10.0.